The van der Waals surface area contributed by atoms with Crippen molar-refractivity contribution in [3.8, 4) is 0 Å². The second-order valence-electron chi connectivity index (χ2n) is 6.51. The molecule has 7 heteroatoms. The van der Waals surface area contributed by atoms with E-state index in [0.29, 0.717) is 5.95 Å². The molecule has 3 rings (SSSR count). The number of nitrogen functional groups attached to an aromatic ring is 2. The van der Waals surface area contributed by atoms with Crippen LogP contribution in [0, 0.1) is 6.92 Å². The zero-order valence-electron chi connectivity index (χ0n) is 15.4. The standard InChI is InChI=1S/C20H23BrN6/c1-13-3-5-15(6-4-13)11-12-27(20-25-18(22)24-19(23)26-20)14(2)16-7-9-17(21)10-8-16/h3-10,14H,11-12H2,1-2H3,(H4,22,23,24,25,26)/t14-/m0/s1. The normalized spacial score (nSPS) is 12.0. The maximum Gasteiger partial charge on any atom is 0.232 e. The number of nitrogens with zero attached hydrogens (tertiary/aromatic N) is 4. The van der Waals surface area contributed by atoms with Crippen molar-refractivity contribution in [2.75, 3.05) is 22.9 Å². The number of aryl methyl sites for hydroxylation is 1. The molecule has 0 aliphatic carbocycles. The molecular weight excluding hydrogens is 404 g/mol. The van der Waals surface area contributed by atoms with Crippen LogP contribution in [-0.4, -0.2) is 21.5 Å². The second-order valence-corrected chi connectivity index (χ2v) is 7.42. The van der Waals surface area contributed by atoms with Gasteiger partial charge in [-0.15, -0.1) is 0 Å². The average Bonchev–Trinajstić information content (AvgIpc) is 2.63. The summed E-state index contributed by atoms with van der Waals surface area (Å²) in [6, 6.07) is 16.8. The zero-order valence-corrected chi connectivity index (χ0v) is 17.0. The van der Waals surface area contributed by atoms with Gasteiger partial charge in [0, 0.05) is 11.0 Å². The number of halogens is 1. The van der Waals surface area contributed by atoms with Gasteiger partial charge >= 0.3 is 0 Å². The minimum Gasteiger partial charge on any atom is -0.368 e. The highest BCUT2D eigenvalue weighted by atomic mass is 79.9. The molecule has 27 heavy (non-hydrogen) atoms. The van der Waals surface area contributed by atoms with E-state index >= 15 is 0 Å². The van der Waals surface area contributed by atoms with Crippen LogP contribution in [0.2, 0.25) is 0 Å². The molecule has 1 atom stereocenters. The highest BCUT2D eigenvalue weighted by Crippen LogP contribution is 2.26. The summed E-state index contributed by atoms with van der Waals surface area (Å²) >= 11 is 3.48. The Bertz CT molecular complexity index is 875. The van der Waals surface area contributed by atoms with Crippen molar-refractivity contribution in [3.63, 3.8) is 0 Å². The van der Waals surface area contributed by atoms with Gasteiger partial charge in [0.25, 0.3) is 0 Å². The van der Waals surface area contributed by atoms with Gasteiger partial charge in [-0.1, -0.05) is 57.9 Å². The zero-order chi connectivity index (χ0) is 19.4. The molecule has 0 spiro atoms. The molecule has 0 radical (unpaired) electrons. The lowest BCUT2D eigenvalue weighted by Crippen LogP contribution is -2.31. The van der Waals surface area contributed by atoms with Gasteiger partial charge in [-0.25, -0.2) is 0 Å². The predicted molar refractivity (Wildman–Crippen MR) is 113 cm³/mol. The molecule has 0 unspecified atom stereocenters. The summed E-state index contributed by atoms with van der Waals surface area (Å²) in [4.78, 5) is 14.6. The molecule has 0 fully saturated rings. The van der Waals surface area contributed by atoms with Gasteiger partial charge in [0.2, 0.25) is 17.8 Å². The molecular formula is C20H23BrN6. The molecule has 3 aromatic rings. The largest absolute Gasteiger partial charge is 0.368 e. The van der Waals surface area contributed by atoms with E-state index in [9.17, 15) is 0 Å². The van der Waals surface area contributed by atoms with Crippen LogP contribution in [-0.2, 0) is 6.42 Å². The summed E-state index contributed by atoms with van der Waals surface area (Å²) in [7, 11) is 0. The molecule has 0 saturated carbocycles. The monoisotopic (exact) mass is 426 g/mol. The van der Waals surface area contributed by atoms with E-state index in [2.05, 4.69) is 86.0 Å². The molecule has 1 heterocycles. The first-order valence-electron chi connectivity index (χ1n) is 8.77. The van der Waals surface area contributed by atoms with Crippen LogP contribution in [0.25, 0.3) is 0 Å². The molecule has 0 amide bonds. The van der Waals surface area contributed by atoms with Gasteiger partial charge in [-0.3, -0.25) is 0 Å². The van der Waals surface area contributed by atoms with Gasteiger partial charge in [0.1, 0.15) is 0 Å². The van der Waals surface area contributed by atoms with Crippen molar-refractivity contribution in [2.24, 2.45) is 0 Å². The highest BCUT2D eigenvalue weighted by molar-refractivity contribution is 9.10. The Morgan fingerprint density at radius 1 is 0.926 bits per heavy atom. The summed E-state index contributed by atoms with van der Waals surface area (Å²) < 4.78 is 1.04. The molecule has 6 nitrogen and oxygen atoms in total. The third-order valence-corrected chi connectivity index (χ3v) is 5.03. The topological polar surface area (TPSA) is 94.0 Å². The molecule has 140 valence electrons. The Kier molecular flexibility index (Phi) is 5.91. The number of anilines is 3. The van der Waals surface area contributed by atoms with E-state index in [0.717, 1.165) is 23.0 Å². The minimum atomic E-state index is 0.0461. The maximum absolute atomic E-state index is 5.80. The van der Waals surface area contributed by atoms with Crippen LogP contribution in [0.5, 0.6) is 0 Å². The van der Waals surface area contributed by atoms with E-state index in [4.69, 9.17) is 11.5 Å². The molecule has 0 saturated heterocycles. The Labute approximate surface area is 167 Å². The van der Waals surface area contributed by atoms with Crippen LogP contribution < -0.4 is 16.4 Å². The summed E-state index contributed by atoms with van der Waals surface area (Å²) in [6.07, 6.45) is 0.854. The van der Waals surface area contributed by atoms with E-state index in [-0.39, 0.29) is 17.9 Å². The van der Waals surface area contributed by atoms with Crippen molar-refractivity contribution in [3.05, 3.63) is 69.7 Å². The van der Waals surface area contributed by atoms with Crippen molar-refractivity contribution in [1.29, 1.82) is 0 Å². The van der Waals surface area contributed by atoms with Gasteiger partial charge in [0.05, 0.1) is 6.04 Å². The van der Waals surface area contributed by atoms with E-state index in [1.165, 1.54) is 11.1 Å². The minimum absolute atomic E-state index is 0.0461. The number of aromatic nitrogens is 3. The molecule has 4 N–H and O–H groups in total. The molecule has 0 aliphatic rings. The summed E-state index contributed by atoms with van der Waals surface area (Å²) in [5, 5.41) is 0. The van der Waals surface area contributed by atoms with Crippen molar-refractivity contribution in [1.82, 2.24) is 15.0 Å². The van der Waals surface area contributed by atoms with E-state index in [1.54, 1.807) is 0 Å². The smallest absolute Gasteiger partial charge is 0.232 e. The lowest BCUT2D eigenvalue weighted by Gasteiger charge is -2.30. The Hall–Kier alpha value is -2.67. The van der Waals surface area contributed by atoms with Crippen LogP contribution in [0.4, 0.5) is 17.8 Å². The van der Waals surface area contributed by atoms with Crippen LogP contribution >= 0.6 is 15.9 Å². The van der Waals surface area contributed by atoms with Crippen molar-refractivity contribution < 1.29 is 0 Å². The highest BCUT2D eigenvalue weighted by Gasteiger charge is 2.20. The maximum atomic E-state index is 5.80. The van der Waals surface area contributed by atoms with Crippen molar-refractivity contribution >= 4 is 33.8 Å². The third kappa shape index (κ3) is 4.95. The SMILES string of the molecule is Cc1ccc(CCN(c2nc(N)nc(N)n2)[C@@H](C)c2ccc(Br)cc2)cc1. The van der Waals surface area contributed by atoms with Crippen LogP contribution in [0.3, 0.4) is 0 Å². The lowest BCUT2D eigenvalue weighted by molar-refractivity contribution is 0.646. The fourth-order valence-electron chi connectivity index (χ4n) is 2.92. The van der Waals surface area contributed by atoms with Gasteiger partial charge < -0.3 is 16.4 Å². The Balaban J connectivity index is 1.89. The average molecular weight is 427 g/mol. The van der Waals surface area contributed by atoms with E-state index in [1.807, 2.05) is 12.1 Å². The number of hydrogen-bond acceptors (Lipinski definition) is 6. The first-order chi connectivity index (χ1) is 12.9. The fourth-order valence-corrected chi connectivity index (χ4v) is 3.18. The van der Waals surface area contributed by atoms with E-state index < -0.39 is 0 Å². The molecule has 1 aromatic heterocycles. The lowest BCUT2D eigenvalue weighted by atomic mass is 10.1. The fraction of sp³-hybridized carbons (Fsp3) is 0.250. The Morgan fingerprint density at radius 3 is 2.11 bits per heavy atom. The number of nitrogens with two attached hydrogens (primary N) is 2. The summed E-state index contributed by atoms with van der Waals surface area (Å²) in [5.74, 6) is 0.740. The first kappa shape index (κ1) is 19.1. The quantitative estimate of drug-likeness (QED) is 0.620. The molecule has 0 bridgehead atoms. The second kappa shape index (κ2) is 8.35. The number of benzene rings is 2. The summed E-state index contributed by atoms with van der Waals surface area (Å²) in [5.41, 5.74) is 15.3. The first-order valence-corrected chi connectivity index (χ1v) is 9.56. The molecule has 0 aliphatic heterocycles. The van der Waals surface area contributed by atoms with Crippen LogP contribution in [0.15, 0.2) is 53.0 Å². The third-order valence-electron chi connectivity index (χ3n) is 4.50. The number of hydrogen-bond donors (Lipinski definition) is 2. The van der Waals surface area contributed by atoms with Gasteiger partial charge in [-0.2, -0.15) is 15.0 Å². The van der Waals surface area contributed by atoms with Crippen LogP contribution in [0.1, 0.15) is 29.7 Å². The van der Waals surface area contributed by atoms with Gasteiger partial charge in [-0.05, 0) is 43.5 Å². The predicted octanol–water partition coefficient (Wildman–Crippen LogP) is 3.92. The van der Waals surface area contributed by atoms with Gasteiger partial charge in [0.15, 0.2) is 0 Å². The van der Waals surface area contributed by atoms with Crippen molar-refractivity contribution in [2.45, 2.75) is 26.3 Å². The number of rotatable bonds is 6. The Morgan fingerprint density at radius 2 is 1.52 bits per heavy atom. The summed E-state index contributed by atoms with van der Waals surface area (Å²) in [6.45, 7) is 4.93. The molecule has 2 aromatic carbocycles.